The molecule has 8 nitrogen and oxygen atoms in total. The molecule has 0 spiro atoms. The Morgan fingerprint density at radius 1 is 1.18 bits per heavy atom. The highest BCUT2D eigenvalue weighted by Gasteiger charge is 2.30. The third kappa shape index (κ3) is 3.43. The SMILES string of the molecule is CCN1c2nc(Nc3ccc(N4CCNCC4)cc3)ncc2C=C(C)S1(=O)=O. The van der Waals surface area contributed by atoms with E-state index in [0.29, 0.717) is 28.8 Å². The van der Waals surface area contributed by atoms with Gasteiger partial charge in [0.15, 0.2) is 5.82 Å². The molecule has 2 aliphatic heterocycles. The Bertz CT molecular complexity index is 998. The van der Waals surface area contributed by atoms with Crippen LogP contribution in [0.2, 0.25) is 0 Å². The van der Waals surface area contributed by atoms with Gasteiger partial charge in [-0.1, -0.05) is 0 Å². The molecule has 0 saturated carbocycles. The van der Waals surface area contributed by atoms with E-state index in [2.05, 4.69) is 37.6 Å². The van der Waals surface area contributed by atoms with Gasteiger partial charge in [-0.2, -0.15) is 4.98 Å². The maximum Gasteiger partial charge on any atom is 0.261 e. The molecule has 148 valence electrons. The molecule has 3 heterocycles. The number of nitrogens with zero attached hydrogens (tertiary/aromatic N) is 4. The van der Waals surface area contributed by atoms with Gasteiger partial charge in [0, 0.05) is 55.9 Å². The summed E-state index contributed by atoms with van der Waals surface area (Å²) >= 11 is 0. The van der Waals surface area contributed by atoms with Crippen molar-refractivity contribution in [3.8, 4) is 0 Å². The van der Waals surface area contributed by atoms with Gasteiger partial charge in [-0.15, -0.1) is 0 Å². The first kappa shape index (κ1) is 18.7. The summed E-state index contributed by atoms with van der Waals surface area (Å²) in [6.07, 6.45) is 3.27. The summed E-state index contributed by atoms with van der Waals surface area (Å²) in [6, 6.07) is 8.11. The fourth-order valence-corrected chi connectivity index (χ4v) is 4.79. The van der Waals surface area contributed by atoms with E-state index in [9.17, 15) is 8.42 Å². The summed E-state index contributed by atoms with van der Waals surface area (Å²) in [4.78, 5) is 11.5. The van der Waals surface area contributed by atoms with Gasteiger partial charge in [-0.05, 0) is 44.2 Å². The average Bonchev–Trinajstić information content (AvgIpc) is 2.70. The smallest absolute Gasteiger partial charge is 0.261 e. The molecule has 1 saturated heterocycles. The molecular weight excluding hydrogens is 376 g/mol. The van der Waals surface area contributed by atoms with Crippen molar-refractivity contribution in [2.45, 2.75) is 13.8 Å². The lowest BCUT2D eigenvalue weighted by Crippen LogP contribution is -2.43. The van der Waals surface area contributed by atoms with Crippen LogP contribution in [0.3, 0.4) is 0 Å². The van der Waals surface area contributed by atoms with Crippen LogP contribution in [0.1, 0.15) is 19.4 Å². The van der Waals surface area contributed by atoms with Crippen LogP contribution in [-0.4, -0.2) is 51.1 Å². The Kier molecular flexibility index (Phi) is 4.94. The normalized spacial score (nSPS) is 18.4. The van der Waals surface area contributed by atoms with E-state index in [0.717, 1.165) is 31.9 Å². The summed E-state index contributed by atoms with van der Waals surface area (Å²) in [5, 5.41) is 6.52. The maximum absolute atomic E-state index is 12.5. The van der Waals surface area contributed by atoms with Gasteiger partial charge in [0.2, 0.25) is 5.95 Å². The third-order valence-corrected chi connectivity index (χ3v) is 6.92. The van der Waals surface area contributed by atoms with Crippen molar-refractivity contribution in [3.05, 3.63) is 40.9 Å². The summed E-state index contributed by atoms with van der Waals surface area (Å²) in [6.45, 7) is 7.68. The molecule has 0 bridgehead atoms. The van der Waals surface area contributed by atoms with Crippen molar-refractivity contribution in [3.63, 3.8) is 0 Å². The number of benzene rings is 1. The summed E-state index contributed by atoms with van der Waals surface area (Å²) < 4.78 is 26.4. The van der Waals surface area contributed by atoms with Gasteiger partial charge in [-0.25, -0.2) is 17.7 Å². The molecule has 1 fully saturated rings. The number of piperazine rings is 1. The topological polar surface area (TPSA) is 90.5 Å². The molecule has 4 rings (SSSR count). The summed E-state index contributed by atoms with van der Waals surface area (Å²) in [7, 11) is -3.51. The van der Waals surface area contributed by atoms with Crippen LogP contribution in [0.25, 0.3) is 6.08 Å². The van der Waals surface area contributed by atoms with Gasteiger partial charge in [0.05, 0.1) is 4.91 Å². The van der Waals surface area contributed by atoms with Crippen LogP contribution in [0.15, 0.2) is 35.4 Å². The van der Waals surface area contributed by atoms with E-state index in [1.807, 2.05) is 12.1 Å². The molecule has 2 aromatic rings. The quantitative estimate of drug-likeness (QED) is 0.813. The predicted molar refractivity (Wildman–Crippen MR) is 112 cm³/mol. The molecular formula is C19H24N6O2S. The highest BCUT2D eigenvalue weighted by molar-refractivity contribution is 7.96. The van der Waals surface area contributed by atoms with Crippen molar-refractivity contribution in [2.75, 3.05) is 47.2 Å². The van der Waals surface area contributed by atoms with Crippen LogP contribution in [0, 0.1) is 0 Å². The molecule has 0 amide bonds. The number of fused-ring (bicyclic) bond motifs is 1. The molecule has 0 unspecified atom stereocenters. The minimum atomic E-state index is -3.51. The van der Waals surface area contributed by atoms with Gasteiger partial charge in [-0.3, -0.25) is 0 Å². The van der Waals surface area contributed by atoms with E-state index in [4.69, 9.17) is 0 Å². The molecule has 0 radical (unpaired) electrons. The number of allylic oxidation sites excluding steroid dienone is 1. The number of hydrogen-bond acceptors (Lipinski definition) is 7. The lowest BCUT2D eigenvalue weighted by Gasteiger charge is -2.29. The van der Waals surface area contributed by atoms with E-state index in [-0.39, 0.29) is 0 Å². The third-order valence-electron chi connectivity index (χ3n) is 4.98. The average molecular weight is 401 g/mol. The number of sulfonamides is 1. The molecule has 2 aliphatic rings. The Hall–Kier alpha value is -2.65. The standard InChI is InChI=1S/C19H24N6O2S/c1-3-25-18-15(12-14(2)28(25,26)27)13-21-19(23-18)22-16-4-6-17(7-5-16)24-10-8-20-9-11-24/h4-7,12-13,20H,3,8-11H2,1-2H3,(H,21,22,23). The van der Waals surface area contributed by atoms with Crippen LogP contribution in [0.5, 0.6) is 0 Å². The zero-order chi connectivity index (χ0) is 19.7. The fraction of sp³-hybridized carbons (Fsp3) is 0.368. The fourth-order valence-electron chi connectivity index (χ4n) is 3.45. The van der Waals surface area contributed by atoms with E-state index in [1.165, 1.54) is 9.99 Å². The van der Waals surface area contributed by atoms with Gasteiger partial charge >= 0.3 is 0 Å². The zero-order valence-electron chi connectivity index (χ0n) is 16.0. The maximum atomic E-state index is 12.5. The molecule has 1 aromatic heterocycles. The number of hydrogen-bond donors (Lipinski definition) is 2. The first-order valence-corrected chi connectivity index (χ1v) is 10.8. The van der Waals surface area contributed by atoms with Crippen LogP contribution in [-0.2, 0) is 10.0 Å². The Morgan fingerprint density at radius 3 is 2.57 bits per heavy atom. The molecule has 0 atom stereocenters. The van der Waals surface area contributed by atoms with Crippen molar-refractivity contribution < 1.29 is 8.42 Å². The Labute approximate surface area is 165 Å². The van der Waals surface area contributed by atoms with Crippen molar-refractivity contribution in [1.29, 1.82) is 0 Å². The van der Waals surface area contributed by atoms with Crippen LogP contribution >= 0.6 is 0 Å². The lowest BCUT2D eigenvalue weighted by atomic mass is 10.2. The summed E-state index contributed by atoms with van der Waals surface area (Å²) in [5.41, 5.74) is 2.74. The van der Waals surface area contributed by atoms with Crippen molar-refractivity contribution in [2.24, 2.45) is 0 Å². The second-order valence-corrected chi connectivity index (χ2v) is 8.84. The Morgan fingerprint density at radius 2 is 1.89 bits per heavy atom. The first-order chi connectivity index (χ1) is 13.5. The van der Waals surface area contributed by atoms with Crippen LogP contribution < -0.4 is 19.8 Å². The first-order valence-electron chi connectivity index (χ1n) is 9.40. The second kappa shape index (κ2) is 7.40. The molecule has 0 aliphatic carbocycles. The van der Waals surface area contributed by atoms with Gasteiger partial charge in [0.25, 0.3) is 10.0 Å². The van der Waals surface area contributed by atoms with E-state index < -0.39 is 10.0 Å². The molecule has 28 heavy (non-hydrogen) atoms. The Balaban J connectivity index is 1.57. The summed E-state index contributed by atoms with van der Waals surface area (Å²) in [5.74, 6) is 0.776. The zero-order valence-corrected chi connectivity index (χ0v) is 16.8. The molecule has 1 aromatic carbocycles. The monoisotopic (exact) mass is 400 g/mol. The minimum Gasteiger partial charge on any atom is -0.369 e. The van der Waals surface area contributed by atoms with Gasteiger partial charge < -0.3 is 15.5 Å². The van der Waals surface area contributed by atoms with E-state index in [1.54, 1.807) is 26.1 Å². The number of aromatic nitrogens is 2. The van der Waals surface area contributed by atoms with Crippen LogP contribution in [0.4, 0.5) is 23.1 Å². The minimum absolute atomic E-state index is 0.301. The van der Waals surface area contributed by atoms with Crippen molar-refractivity contribution in [1.82, 2.24) is 15.3 Å². The number of anilines is 4. The highest BCUT2D eigenvalue weighted by atomic mass is 32.2. The van der Waals surface area contributed by atoms with E-state index >= 15 is 0 Å². The highest BCUT2D eigenvalue weighted by Crippen LogP contribution is 2.32. The predicted octanol–water partition coefficient (Wildman–Crippen LogP) is 2.16. The van der Waals surface area contributed by atoms with Gasteiger partial charge in [0.1, 0.15) is 0 Å². The molecule has 9 heteroatoms. The number of nitrogens with one attached hydrogen (secondary N) is 2. The second-order valence-electron chi connectivity index (χ2n) is 6.81. The number of rotatable bonds is 4. The largest absolute Gasteiger partial charge is 0.369 e. The lowest BCUT2D eigenvalue weighted by molar-refractivity contribution is 0.589. The molecule has 2 N–H and O–H groups in total. The van der Waals surface area contributed by atoms with Crippen molar-refractivity contribution >= 4 is 39.2 Å².